The highest BCUT2D eigenvalue weighted by atomic mass is 35.5. The number of thiazole rings is 1. The number of nitriles is 1. The number of nitrogens with one attached hydrogen (secondary N) is 1. The molecule has 3 heterocycles. The molecule has 3 aromatic rings. The molecule has 38 heavy (non-hydrogen) atoms. The van der Waals surface area contributed by atoms with Crippen LogP contribution in [0.25, 0.3) is 0 Å². The van der Waals surface area contributed by atoms with E-state index in [9.17, 15) is 14.9 Å². The molecule has 12 heteroatoms. The van der Waals surface area contributed by atoms with Gasteiger partial charge in [-0.25, -0.2) is 14.5 Å². The number of carbonyl (C=O) groups is 2. The van der Waals surface area contributed by atoms with Gasteiger partial charge in [0, 0.05) is 28.9 Å². The van der Waals surface area contributed by atoms with E-state index in [0.717, 1.165) is 34.0 Å². The van der Waals surface area contributed by atoms with E-state index in [4.69, 9.17) is 21.3 Å². The third kappa shape index (κ3) is 5.81. The molecule has 2 aromatic heterocycles. The zero-order chi connectivity index (χ0) is 27.0. The lowest BCUT2D eigenvalue weighted by molar-refractivity contribution is 0.0225. The van der Waals surface area contributed by atoms with E-state index >= 15 is 0 Å². The normalized spacial score (nSPS) is 18.8. The maximum atomic E-state index is 12.7. The van der Waals surface area contributed by atoms with Gasteiger partial charge in [0.1, 0.15) is 10.6 Å². The summed E-state index contributed by atoms with van der Waals surface area (Å²) < 4.78 is 7.09. The Morgan fingerprint density at radius 3 is 2.84 bits per heavy atom. The number of nitrogens with zero attached hydrogens (tertiary/aromatic N) is 6. The lowest BCUT2D eigenvalue weighted by Gasteiger charge is -2.36. The van der Waals surface area contributed by atoms with Crippen LogP contribution in [0.2, 0.25) is 5.02 Å². The topological polar surface area (TPSA) is 126 Å². The largest absolute Gasteiger partial charge is 0.444 e. The van der Waals surface area contributed by atoms with Crippen LogP contribution < -0.4 is 5.32 Å². The molecule has 5 rings (SSSR count). The van der Waals surface area contributed by atoms with Crippen LogP contribution in [0.5, 0.6) is 0 Å². The number of fused-ring (bicyclic) bond motifs is 1. The molecular formula is C26H28ClN7O3S. The second kappa shape index (κ2) is 10.3. The minimum Gasteiger partial charge on any atom is -0.444 e. The minimum absolute atomic E-state index is 0.00165. The van der Waals surface area contributed by atoms with Crippen molar-refractivity contribution in [3.63, 3.8) is 0 Å². The molecule has 2 amide bonds. The summed E-state index contributed by atoms with van der Waals surface area (Å²) in [5.41, 5.74) is 2.24. The van der Waals surface area contributed by atoms with Crippen LogP contribution >= 0.6 is 22.9 Å². The van der Waals surface area contributed by atoms with Crippen molar-refractivity contribution in [2.45, 2.75) is 70.7 Å². The highest BCUT2D eigenvalue weighted by Gasteiger charge is 2.34. The Bertz CT molecular complexity index is 1410. The first-order chi connectivity index (χ1) is 18.1. The number of hydrogen-bond donors (Lipinski definition) is 1. The van der Waals surface area contributed by atoms with E-state index < -0.39 is 5.60 Å². The Hall–Kier alpha value is -3.49. The molecule has 1 aliphatic heterocycles. The average Bonchev–Trinajstić information content (AvgIpc) is 3.46. The molecule has 0 radical (unpaired) electrons. The Morgan fingerprint density at radius 1 is 1.32 bits per heavy atom. The van der Waals surface area contributed by atoms with E-state index in [1.165, 1.54) is 11.3 Å². The Morgan fingerprint density at radius 2 is 2.11 bits per heavy atom. The van der Waals surface area contributed by atoms with Crippen LogP contribution in [0, 0.1) is 11.3 Å². The van der Waals surface area contributed by atoms with Crippen LogP contribution in [-0.2, 0) is 24.2 Å². The van der Waals surface area contributed by atoms with Crippen LogP contribution in [0.15, 0.2) is 24.4 Å². The standard InChI is InChI=1S/C26H28ClN7O3S/c1-26(2,3)37-25(36)33-7-6-20-22(13-33)38-23(30-20)14-34-12-21(31-32-34)24(35)29-18-8-16(9-18)19-10-17(27)5-4-15(19)11-28/h4-5,10,12,16,18H,6-9,13-14H2,1-3H3,(H,29,35). The molecule has 1 fully saturated rings. The third-order valence-corrected chi connectivity index (χ3v) is 7.85. The summed E-state index contributed by atoms with van der Waals surface area (Å²) in [4.78, 5) is 32.6. The molecule has 1 saturated carbocycles. The Balaban J connectivity index is 1.14. The van der Waals surface area contributed by atoms with Crippen molar-refractivity contribution >= 4 is 34.9 Å². The SMILES string of the molecule is CC(C)(C)OC(=O)N1CCc2nc(Cn3cc(C(=O)NC4CC(c5cc(Cl)ccc5C#N)C4)nn3)sc2C1. The maximum absolute atomic E-state index is 12.7. The maximum Gasteiger partial charge on any atom is 0.410 e. The lowest BCUT2D eigenvalue weighted by Crippen LogP contribution is -2.43. The van der Waals surface area contributed by atoms with Gasteiger partial charge < -0.3 is 15.0 Å². The van der Waals surface area contributed by atoms with Crippen molar-refractivity contribution in [2.75, 3.05) is 6.54 Å². The number of rotatable bonds is 5. The quantitative estimate of drug-likeness (QED) is 0.499. The van der Waals surface area contributed by atoms with Gasteiger partial charge in [-0.2, -0.15) is 5.26 Å². The van der Waals surface area contributed by atoms with Crippen LogP contribution in [-0.4, -0.2) is 55.1 Å². The van der Waals surface area contributed by atoms with Gasteiger partial charge in [-0.1, -0.05) is 16.8 Å². The number of hydrogen-bond acceptors (Lipinski definition) is 8. The summed E-state index contributed by atoms with van der Waals surface area (Å²) in [5, 5.41) is 21.9. The van der Waals surface area contributed by atoms with Crippen LogP contribution in [0.1, 0.15) is 76.7 Å². The second-order valence-electron chi connectivity index (χ2n) is 10.6. The molecule has 1 N–H and O–H groups in total. The van der Waals surface area contributed by atoms with Crippen molar-refractivity contribution in [1.82, 2.24) is 30.2 Å². The van der Waals surface area contributed by atoms with Gasteiger partial charge >= 0.3 is 6.09 Å². The van der Waals surface area contributed by atoms with Gasteiger partial charge in [-0.05, 0) is 63.3 Å². The van der Waals surface area contributed by atoms with E-state index in [-0.39, 0.29) is 29.7 Å². The van der Waals surface area contributed by atoms with Crippen molar-refractivity contribution in [1.29, 1.82) is 5.26 Å². The molecule has 198 valence electrons. The van der Waals surface area contributed by atoms with Gasteiger partial charge in [0.05, 0.1) is 36.6 Å². The summed E-state index contributed by atoms with van der Waals surface area (Å²) in [6, 6.07) is 7.49. The predicted molar refractivity (Wildman–Crippen MR) is 141 cm³/mol. The molecule has 0 atom stereocenters. The van der Waals surface area contributed by atoms with Gasteiger partial charge in [-0.3, -0.25) is 4.79 Å². The number of carbonyl (C=O) groups excluding carboxylic acids is 2. The first kappa shape index (κ1) is 26.1. The number of halogens is 1. The van der Waals surface area contributed by atoms with Gasteiger partial charge in [-0.15, -0.1) is 16.4 Å². The molecule has 0 saturated heterocycles. The molecule has 10 nitrogen and oxygen atoms in total. The summed E-state index contributed by atoms with van der Waals surface area (Å²) >= 11 is 7.64. The summed E-state index contributed by atoms with van der Waals surface area (Å²) in [6.07, 6.45) is 3.44. The molecule has 1 aromatic carbocycles. The van der Waals surface area contributed by atoms with E-state index in [1.54, 1.807) is 27.9 Å². The van der Waals surface area contributed by atoms with Crippen molar-refractivity contribution < 1.29 is 14.3 Å². The monoisotopic (exact) mass is 553 g/mol. The summed E-state index contributed by atoms with van der Waals surface area (Å²) in [6.45, 7) is 6.99. The first-order valence-corrected chi connectivity index (χ1v) is 13.6. The van der Waals surface area contributed by atoms with Gasteiger partial charge in [0.2, 0.25) is 0 Å². The van der Waals surface area contributed by atoms with Crippen molar-refractivity contribution in [2.24, 2.45) is 0 Å². The Kier molecular flexibility index (Phi) is 7.11. The van der Waals surface area contributed by atoms with Gasteiger partial charge in [0.15, 0.2) is 5.69 Å². The molecule has 1 aliphatic carbocycles. The molecule has 0 bridgehead atoms. The summed E-state index contributed by atoms with van der Waals surface area (Å²) in [7, 11) is 0. The number of ether oxygens (including phenoxy) is 1. The fourth-order valence-electron chi connectivity index (χ4n) is 4.64. The smallest absolute Gasteiger partial charge is 0.410 e. The zero-order valence-electron chi connectivity index (χ0n) is 21.4. The first-order valence-electron chi connectivity index (χ1n) is 12.4. The molecule has 0 spiro atoms. The lowest BCUT2D eigenvalue weighted by atomic mass is 9.74. The average molecular weight is 554 g/mol. The number of aromatic nitrogens is 4. The summed E-state index contributed by atoms with van der Waals surface area (Å²) in [5.74, 6) is -0.0933. The molecular weight excluding hydrogens is 526 g/mol. The molecule has 0 unspecified atom stereocenters. The van der Waals surface area contributed by atoms with Crippen molar-refractivity contribution in [3.8, 4) is 6.07 Å². The Labute approximate surface area is 229 Å². The van der Waals surface area contributed by atoms with Crippen LogP contribution in [0.3, 0.4) is 0 Å². The van der Waals surface area contributed by atoms with Crippen molar-refractivity contribution in [3.05, 3.63) is 61.8 Å². The van der Waals surface area contributed by atoms with Gasteiger partial charge in [0.25, 0.3) is 5.91 Å². The van der Waals surface area contributed by atoms with E-state index in [1.807, 2.05) is 26.8 Å². The van der Waals surface area contributed by atoms with E-state index in [2.05, 4.69) is 21.7 Å². The highest BCUT2D eigenvalue weighted by molar-refractivity contribution is 7.11. The number of amides is 2. The van der Waals surface area contributed by atoms with Crippen LogP contribution in [0.4, 0.5) is 4.79 Å². The third-order valence-electron chi connectivity index (χ3n) is 6.54. The number of benzene rings is 1. The highest BCUT2D eigenvalue weighted by Crippen LogP contribution is 2.39. The fourth-order valence-corrected chi connectivity index (χ4v) is 5.94. The second-order valence-corrected chi connectivity index (χ2v) is 12.2. The minimum atomic E-state index is -0.537. The fraction of sp³-hybridized carbons (Fsp3) is 0.462. The predicted octanol–water partition coefficient (Wildman–Crippen LogP) is 4.28. The molecule has 2 aliphatic rings. The van der Waals surface area contributed by atoms with E-state index in [0.29, 0.717) is 36.6 Å². The zero-order valence-corrected chi connectivity index (χ0v) is 23.0.